The summed E-state index contributed by atoms with van der Waals surface area (Å²) in [7, 11) is -4.10. The Bertz CT molecular complexity index is 363. The fourth-order valence-corrected chi connectivity index (χ4v) is 3.28. The minimum Gasteiger partial charge on any atom is -0.273 e. The molecule has 4 nitrogen and oxygen atoms in total. The van der Waals surface area contributed by atoms with Gasteiger partial charge >= 0.3 is 10.3 Å². The van der Waals surface area contributed by atoms with Crippen molar-refractivity contribution < 1.29 is 13.0 Å². The van der Waals surface area contributed by atoms with E-state index in [9.17, 15) is 13.0 Å². The molecule has 0 fully saturated rings. The molecular weight excluding hydrogens is 214 g/mol. The summed E-state index contributed by atoms with van der Waals surface area (Å²) in [5.41, 5.74) is 0. The molecule has 0 aromatic carbocycles. The molecule has 5 heteroatoms. The second kappa shape index (κ2) is 4.08. The van der Waals surface area contributed by atoms with Crippen LogP contribution < -0.4 is 0 Å². The average Bonchev–Trinajstić information content (AvgIpc) is 2.73. The van der Waals surface area contributed by atoms with E-state index in [4.69, 9.17) is 0 Å². The number of hydrogen-bond acceptors (Lipinski definition) is 2. The summed E-state index contributed by atoms with van der Waals surface area (Å²) < 4.78 is 33.1. The van der Waals surface area contributed by atoms with E-state index in [1.165, 1.54) is 4.31 Å². The Balaban J connectivity index is 2.23. The van der Waals surface area contributed by atoms with Gasteiger partial charge in [-0.05, 0) is 25.7 Å². The molecule has 0 saturated heterocycles. The van der Waals surface area contributed by atoms with E-state index in [1.807, 2.05) is 24.3 Å². The molecule has 2 unspecified atom stereocenters. The van der Waals surface area contributed by atoms with Crippen molar-refractivity contribution in [2.24, 2.45) is 0 Å². The third-order valence-corrected chi connectivity index (χ3v) is 3.97. The van der Waals surface area contributed by atoms with Gasteiger partial charge in [0, 0.05) is 12.1 Å². The Labute approximate surface area is 90.2 Å². The van der Waals surface area contributed by atoms with Crippen LogP contribution in [0.2, 0.25) is 0 Å². The zero-order valence-corrected chi connectivity index (χ0v) is 9.23. The van der Waals surface area contributed by atoms with Crippen LogP contribution in [0.4, 0.5) is 0 Å². The maximum atomic E-state index is 11.3. The van der Waals surface area contributed by atoms with Gasteiger partial charge in [0.1, 0.15) is 0 Å². The van der Waals surface area contributed by atoms with Gasteiger partial charge in [0.15, 0.2) is 0 Å². The van der Waals surface area contributed by atoms with Gasteiger partial charge in [-0.1, -0.05) is 24.3 Å². The summed E-state index contributed by atoms with van der Waals surface area (Å²) >= 11 is 0. The molecule has 2 aliphatic rings. The van der Waals surface area contributed by atoms with Gasteiger partial charge in [0.05, 0.1) is 0 Å². The lowest BCUT2D eigenvalue weighted by atomic mass is 10.2. The molecule has 0 heterocycles. The molecule has 2 rings (SSSR count). The molecule has 15 heavy (non-hydrogen) atoms. The van der Waals surface area contributed by atoms with Crippen molar-refractivity contribution in [1.82, 2.24) is 4.31 Å². The van der Waals surface area contributed by atoms with Crippen LogP contribution in [0.3, 0.4) is 0 Å². The van der Waals surface area contributed by atoms with E-state index in [1.54, 1.807) is 0 Å². The van der Waals surface area contributed by atoms with Crippen molar-refractivity contribution in [2.75, 3.05) is 0 Å². The largest absolute Gasteiger partial charge is 0.337 e. The van der Waals surface area contributed by atoms with E-state index in [0.717, 1.165) is 25.7 Å². The summed E-state index contributed by atoms with van der Waals surface area (Å²) in [6.07, 6.45) is 10.9. The first-order valence-corrected chi connectivity index (χ1v) is 6.58. The first-order valence-electron chi connectivity index (χ1n) is 5.18. The van der Waals surface area contributed by atoms with Crippen LogP contribution in [-0.4, -0.2) is 29.4 Å². The van der Waals surface area contributed by atoms with Gasteiger partial charge in [0.2, 0.25) is 0 Å². The Morgan fingerprint density at radius 2 is 1.53 bits per heavy atom. The lowest BCUT2D eigenvalue weighted by Crippen LogP contribution is -2.43. The van der Waals surface area contributed by atoms with Crippen LogP contribution in [-0.2, 0) is 10.3 Å². The Morgan fingerprint density at radius 3 is 1.80 bits per heavy atom. The lowest BCUT2D eigenvalue weighted by Gasteiger charge is -2.28. The van der Waals surface area contributed by atoms with Gasteiger partial charge < -0.3 is 0 Å². The average molecular weight is 229 g/mol. The molecule has 0 aromatic rings. The van der Waals surface area contributed by atoms with Gasteiger partial charge in [-0.15, -0.1) is 0 Å². The predicted molar refractivity (Wildman–Crippen MR) is 57.7 cm³/mol. The highest BCUT2D eigenvalue weighted by atomic mass is 32.2. The van der Waals surface area contributed by atoms with Crippen LogP contribution in [0, 0.1) is 0 Å². The second-order valence-corrected chi connectivity index (χ2v) is 5.27. The zero-order valence-electron chi connectivity index (χ0n) is 8.41. The topological polar surface area (TPSA) is 57.6 Å². The zero-order chi connectivity index (χ0) is 10.9. The van der Waals surface area contributed by atoms with E-state index >= 15 is 0 Å². The van der Waals surface area contributed by atoms with Crippen molar-refractivity contribution in [3.05, 3.63) is 24.3 Å². The van der Waals surface area contributed by atoms with E-state index in [-0.39, 0.29) is 12.1 Å². The summed E-state index contributed by atoms with van der Waals surface area (Å²) in [5, 5.41) is 0. The van der Waals surface area contributed by atoms with Crippen LogP contribution in [0.5, 0.6) is 0 Å². The van der Waals surface area contributed by atoms with Crippen molar-refractivity contribution >= 4 is 10.3 Å². The summed E-state index contributed by atoms with van der Waals surface area (Å²) in [4.78, 5) is 0. The third kappa shape index (κ3) is 2.30. The van der Waals surface area contributed by atoms with Gasteiger partial charge in [0.25, 0.3) is 0 Å². The fourth-order valence-electron chi connectivity index (χ4n) is 2.25. The highest BCUT2D eigenvalue weighted by Gasteiger charge is 2.34. The van der Waals surface area contributed by atoms with Crippen LogP contribution in [0.15, 0.2) is 24.3 Å². The minimum absolute atomic E-state index is 0.173. The van der Waals surface area contributed by atoms with Crippen molar-refractivity contribution in [2.45, 2.75) is 37.8 Å². The molecule has 0 saturated carbocycles. The summed E-state index contributed by atoms with van der Waals surface area (Å²) in [6, 6.07) is -0.347. The Hall–Kier alpha value is -0.650. The second-order valence-electron chi connectivity index (χ2n) is 3.95. The molecule has 1 N–H and O–H groups in total. The number of hydrogen-bond donors (Lipinski definition) is 1. The van der Waals surface area contributed by atoms with Gasteiger partial charge in [-0.3, -0.25) is 4.55 Å². The molecule has 0 aliphatic heterocycles. The molecule has 0 amide bonds. The highest BCUT2D eigenvalue weighted by Crippen LogP contribution is 2.26. The minimum atomic E-state index is -4.10. The van der Waals surface area contributed by atoms with Crippen LogP contribution >= 0.6 is 0 Å². The van der Waals surface area contributed by atoms with Crippen molar-refractivity contribution in [1.29, 1.82) is 0 Å². The highest BCUT2D eigenvalue weighted by molar-refractivity contribution is 7.83. The summed E-state index contributed by atoms with van der Waals surface area (Å²) in [6.45, 7) is 0. The molecule has 0 spiro atoms. The maximum Gasteiger partial charge on any atom is 0.337 e. The van der Waals surface area contributed by atoms with E-state index < -0.39 is 10.3 Å². The number of nitrogens with zero attached hydrogens (tertiary/aromatic N) is 1. The fraction of sp³-hybridized carbons (Fsp3) is 0.600. The Kier molecular flexibility index (Phi) is 2.95. The van der Waals surface area contributed by atoms with Crippen molar-refractivity contribution in [3.63, 3.8) is 0 Å². The molecule has 84 valence electrons. The molecule has 0 aromatic heterocycles. The maximum absolute atomic E-state index is 11.3. The number of rotatable bonds is 3. The predicted octanol–water partition coefficient (Wildman–Crippen LogP) is 1.53. The third-order valence-electron chi connectivity index (χ3n) is 2.89. The number of allylic oxidation sites excluding steroid dienone is 2. The molecular formula is C10H15NO3S. The summed E-state index contributed by atoms with van der Waals surface area (Å²) in [5.74, 6) is 0. The quantitative estimate of drug-likeness (QED) is 0.589. The normalized spacial score (nSPS) is 30.5. The smallest absolute Gasteiger partial charge is 0.273 e. The van der Waals surface area contributed by atoms with Crippen LogP contribution in [0.25, 0.3) is 0 Å². The molecule has 0 radical (unpaired) electrons. The Morgan fingerprint density at radius 1 is 1.07 bits per heavy atom. The first-order chi connectivity index (χ1) is 7.09. The molecule has 2 aliphatic carbocycles. The van der Waals surface area contributed by atoms with E-state index in [0.29, 0.717) is 0 Å². The molecule has 2 atom stereocenters. The van der Waals surface area contributed by atoms with Crippen molar-refractivity contribution in [3.8, 4) is 0 Å². The monoisotopic (exact) mass is 229 g/mol. The van der Waals surface area contributed by atoms with E-state index in [2.05, 4.69) is 0 Å². The van der Waals surface area contributed by atoms with Gasteiger partial charge in [-0.2, -0.15) is 12.7 Å². The standard InChI is InChI=1S/C10H15NO3S/c12-15(13,14)11(9-5-1-2-6-9)10-7-3-4-8-10/h1,3,5,7,9-10H,2,4,6,8H2,(H,12,13,14). The van der Waals surface area contributed by atoms with Gasteiger partial charge in [-0.25, -0.2) is 0 Å². The first kappa shape index (κ1) is 10.9. The van der Waals surface area contributed by atoms with Crippen LogP contribution in [0.1, 0.15) is 25.7 Å². The molecule has 0 bridgehead atoms. The lowest BCUT2D eigenvalue weighted by molar-refractivity contribution is 0.276. The SMILES string of the molecule is O=S(=O)(O)N(C1C=CCC1)C1C=CCC1.